The van der Waals surface area contributed by atoms with Crippen LogP contribution in [0.1, 0.15) is 5.56 Å². The van der Waals surface area contributed by atoms with Crippen LogP contribution in [-0.4, -0.2) is 7.11 Å². The second-order valence-electron chi connectivity index (χ2n) is 4.70. The van der Waals surface area contributed by atoms with E-state index in [2.05, 4.69) is 6.07 Å². The molecule has 0 aliphatic carbocycles. The Hall–Kier alpha value is -3.06. The Bertz CT molecular complexity index is 884. The van der Waals surface area contributed by atoms with E-state index < -0.39 is 0 Å². The van der Waals surface area contributed by atoms with Crippen LogP contribution >= 0.6 is 0 Å². The lowest BCUT2D eigenvalue weighted by atomic mass is 10.1. The molecule has 3 aromatic rings. The highest BCUT2D eigenvalue weighted by Gasteiger charge is 2.09. The minimum absolute atomic E-state index is 0.325. The van der Waals surface area contributed by atoms with Crippen LogP contribution in [0.2, 0.25) is 0 Å². The van der Waals surface area contributed by atoms with Crippen LogP contribution in [0.5, 0.6) is 17.2 Å². The topological polar surface area (TPSA) is 42.2 Å². The van der Waals surface area contributed by atoms with Gasteiger partial charge in [0.2, 0.25) is 0 Å². The summed E-state index contributed by atoms with van der Waals surface area (Å²) in [6.07, 6.45) is 0. The highest BCUT2D eigenvalue weighted by molar-refractivity contribution is 5.89. The van der Waals surface area contributed by atoms with Crippen LogP contribution < -0.4 is 9.47 Å². The second-order valence-corrected chi connectivity index (χ2v) is 4.70. The molecule has 3 nitrogen and oxygen atoms in total. The van der Waals surface area contributed by atoms with E-state index in [-0.39, 0.29) is 5.82 Å². The summed E-state index contributed by atoms with van der Waals surface area (Å²) in [5.41, 5.74) is 0.587. The van der Waals surface area contributed by atoms with Gasteiger partial charge in [-0.3, -0.25) is 0 Å². The second kappa shape index (κ2) is 5.74. The predicted octanol–water partition coefficient (Wildman–Crippen LogP) is 4.65. The average Bonchev–Trinajstić information content (AvgIpc) is 2.56. The summed E-state index contributed by atoms with van der Waals surface area (Å²) < 4.78 is 24.2. The molecule has 0 heterocycles. The fourth-order valence-corrected chi connectivity index (χ4v) is 2.26. The van der Waals surface area contributed by atoms with Crippen molar-refractivity contribution in [2.45, 2.75) is 0 Å². The van der Waals surface area contributed by atoms with Crippen molar-refractivity contribution in [3.63, 3.8) is 0 Å². The Morgan fingerprint density at radius 2 is 1.82 bits per heavy atom. The van der Waals surface area contributed by atoms with Gasteiger partial charge in [-0.05, 0) is 41.8 Å². The van der Waals surface area contributed by atoms with Crippen molar-refractivity contribution in [1.29, 1.82) is 5.26 Å². The van der Waals surface area contributed by atoms with E-state index >= 15 is 0 Å². The van der Waals surface area contributed by atoms with Gasteiger partial charge >= 0.3 is 0 Å². The quantitative estimate of drug-likeness (QED) is 0.705. The summed E-state index contributed by atoms with van der Waals surface area (Å²) in [6, 6.07) is 17.2. The average molecular weight is 293 g/mol. The number of nitriles is 1. The third kappa shape index (κ3) is 2.57. The van der Waals surface area contributed by atoms with Crippen molar-refractivity contribution in [3.8, 4) is 23.3 Å². The van der Waals surface area contributed by atoms with Crippen LogP contribution in [0.25, 0.3) is 10.8 Å². The van der Waals surface area contributed by atoms with Gasteiger partial charge in [-0.25, -0.2) is 4.39 Å². The third-order valence-electron chi connectivity index (χ3n) is 3.32. The monoisotopic (exact) mass is 293 g/mol. The number of ether oxygens (including phenoxy) is 2. The zero-order chi connectivity index (χ0) is 15.5. The molecule has 0 radical (unpaired) electrons. The summed E-state index contributed by atoms with van der Waals surface area (Å²) in [5.74, 6) is 0.985. The lowest BCUT2D eigenvalue weighted by Gasteiger charge is -2.12. The normalized spacial score (nSPS) is 10.2. The Labute approximate surface area is 127 Å². The van der Waals surface area contributed by atoms with E-state index in [1.807, 2.05) is 24.3 Å². The van der Waals surface area contributed by atoms with Crippen LogP contribution in [0.15, 0.2) is 54.6 Å². The molecule has 0 N–H and O–H groups in total. The summed E-state index contributed by atoms with van der Waals surface area (Å²) in [4.78, 5) is 0. The molecule has 0 amide bonds. The number of hydrogen-bond acceptors (Lipinski definition) is 3. The third-order valence-corrected chi connectivity index (χ3v) is 3.32. The fourth-order valence-electron chi connectivity index (χ4n) is 2.26. The smallest absolute Gasteiger partial charge is 0.169 e. The van der Waals surface area contributed by atoms with Crippen molar-refractivity contribution in [3.05, 3.63) is 66.0 Å². The molecule has 0 fully saturated rings. The van der Waals surface area contributed by atoms with Crippen LogP contribution in [0, 0.1) is 17.1 Å². The number of nitrogens with zero attached hydrogens (tertiary/aromatic N) is 1. The first-order valence-corrected chi connectivity index (χ1v) is 6.65. The molecule has 108 valence electrons. The van der Waals surface area contributed by atoms with E-state index in [1.165, 1.54) is 25.3 Å². The van der Waals surface area contributed by atoms with E-state index in [0.717, 1.165) is 10.8 Å². The zero-order valence-electron chi connectivity index (χ0n) is 11.8. The maximum absolute atomic E-state index is 13.2. The molecule has 3 aromatic carbocycles. The summed E-state index contributed by atoms with van der Waals surface area (Å²) in [5, 5.41) is 10.7. The number of benzene rings is 3. The molecule has 0 saturated heterocycles. The number of hydrogen-bond donors (Lipinski definition) is 0. The van der Waals surface area contributed by atoms with Crippen LogP contribution in [0.4, 0.5) is 4.39 Å². The van der Waals surface area contributed by atoms with Crippen molar-refractivity contribution in [1.82, 2.24) is 0 Å². The molecule has 0 aliphatic heterocycles. The molecule has 4 heteroatoms. The Morgan fingerprint density at radius 1 is 0.955 bits per heavy atom. The molecule has 0 saturated carbocycles. The molecule has 22 heavy (non-hydrogen) atoms. The van der Waals surface area contributed by atoms with Gasteiger partial charge in [0.05, 0.1) is 18.7 Å². The first-order valence-electron chi connectivity index (χ1n) is 6.65. The van der Waals surface area contributed by atoms with E-state index in [1.54, 1.807) is 12.1 Å². The minimum atomic E-state index is -0.388. The molecule has 0 spiro atoms. The van der Waals surface area contributed by atoms with Gasteiger partial charge in [0.15, 0.2) is 11.5 Å². The van der Waals surface area contributed by atoms with E-state index in [0.29, 0.717) is 22.8 Å². The van der Waals surface area contributed by atoms with Gasteiger partial charge in [0.1, 0.15) is 11.6 Å². The van der Waals surface area contributed by atoms with Gasteiger partial charge in [-0.1, -0.05) is 12.1 Å². The van der Waals surface area contributed by atoms with Crippen LogP contribution in [-0.2, 0) is 0 Å². The first-order chi connectivity index (χ1) is 10.7. The molecule has 0 aromatic heterocycles. The standard InChI is InChI=1S/C18H12FNO2/c1-21-18-10-14(19)6-8-17(18)22-16-4-2-3-13-9-12(11-20)5-7-15(13)16/h2-10H,1H3. The minimum Gasteiger partial charge on any atom is -0.493 e. The van der Waals surface area contributed by atoms with Crippen molar-refractivity contribution >= 4 is 10.8 Å². The highest BCUT2D eigenvalue weighted by atomic mass is 19.1. The van der Waals surface area contributed by atoms with E-state index in [4.69, 9.17) is 14.7 Å². The summed E-state index contributed by atoms with van der Waals surface area (Å²) in [6.45, 7) is 0. The molecule has 3 rings (SSSR count). The lowest BCUT2D eigenvalue weighted by molar-refractivity contribution is 0.377. The summed E-state index contributed by atoms with van der Waals surface area (Å²) >= 11 is 0. The molecule has 0 unspecified atom stereocenters. The van der Waals surface area contributed by atoms with Gasteiger partial charge < -0.3 is 9.47 Å². The van der Waals surface area contributed by atoms with Gasteiger partial charge in [0, 0.05) is 11.5 Å². The predicted molar refractivity (Wildman–Crippen MR) is 81.7 cm³/mol. The molecule has 0 aliphatic rings. The molecular formula is C18H12FNO2. The van der Waals surface area contributed by atoms with Crippen molar-refractivity contribution in [2.24, 2.45) is 0 Å². The van der Waals surface area contributed by atoms with Crippen molar-refractivity contribution < 1.29 is 13.9 Å². The van der Waals surface area contributed by atoms with Crippen LogP contribution in [0.3, 0.4) is 0 Å². The first kappa shape index (κ1) is 13.9. The van der Waals surface area contributed by atoms with Gasteiger partial charge in [-0.15, -0.1) is 0 Å². The SMILES string of the molecule is COc1cc(F)ccc1Oc1cccc2cc(C#N)ccc12. The Morgan fingerprint density at radius 3 is 2.59 bits per heavy atom. The summed E-state index contributed by atoms with van der Waals surface area (Å²) in [7, 11) is 1.46. The molecular weight excluding hydrogens is 281 g/mol. The van der Waals surface area contributed by atoms with Crippen molar-refractivity contribution in [2.75, 3.05) is 7.11 Å². The number of methoxy groups -OCH3 is 1. The maximum Gasteiger partial charge on any atom is 0.169 e. The lowest BCUT2D eigenvalue weighted by Crippen LogP contribution is -1.92. The largest absolute Gasteiger partial charge is 0.493 e. The maximum atomic E-state index is 13.2. The molecule has 0 atom stereocenters. The Balaban J connectivity index is 2.06. The number of halogens is 1. The van der Waals surface area contributed by atoms with Gasteiger partial charge in [0.25, 0.3) is 0 Å². The zero-order valence-corrected chi connectivity index (χ0v) is 11.8. The Kier molecular flexibility index (Phi) is 3.63. The number of fused-ring (bicyclic) bond motifs is 1. The van der Waals surface area contributed by atoms with E-state index in [9.17, 15) is 4.39 Å². The number of rotatable bonds is 3. The van der Waals surface area contributed by atoms with Gasteiger partial charge in [-0.2, -0.15) is 5.26 Å². The molecule has 0 bridgehead atoms. The fraction of sp³-hybridized carbons (Fsp3) is 0.0556. The highest BCUT2D eigenvalue weighted by Crippen LogP contribution is 2.35.